The first kappa shape index (κ1) is 10.9. The van der Waals surface area contributed by atoms with Crippen LogP contribution in [0.1, 0.15) is 24.0 Å². The van der Waals surface area contributed by atoms with E-state index in [-0.39, 0.29) is 5.92 Å². The summed E-state index contributed by atoms with van der Waals surface area (Å²) in [5.41, 5.74) is 2.36. The van der Waals surface area contributed by atoms with Crippen molar-refractivity contribution in [2.45, 2.75) is 19.4 Å². The molecule has 76 valence electrons. The maximum Gasteiger partial charge on any atom is 0.127 e. The van der Waals surface area contributed by atoms with E-state index < -0.39 is 0 Å². The zero-order valence-electron chi connectivity index (χ0n) is 9.03. The Labute approximate surface area is 85.5 Å². The van der Waals surface area contributed by atoms with Gasteiger partial charge in [-0.1, -0.05) is 31.2 Å². The van der Waals surface area contributed by atoms with Crippen molar-refractivity contribution in [3.8, 4) is 0 Å². The van der Waals surface area contributed by atoms with Gasteiger partial charge in [-0.25, -0.2) is 0 Å². The van der Waals surface area contributed by atoms with Gasteiger partial charge in [-0.05, 0) is 25.2 Å². The lowest BCUT2D eigenvalue weighted by molar-refractivity contribution is -0.108. The third-order valence-electron chi connectivity index (χ3n) is 2.21. The normalized spacial score (nSPS) is 12.9. The van der Waals surface area contributed by atoms with Crippen LogP contribution in [0.25, 0.3) is 0 Å². The van der Waals surface area contributed by atoms with Gasteiger partial charge in [-0.2, -0.15) is 0 Å². The van der Waals surface area contributed by atoms with Crippen molar-refractivity contribution in [1.82, 2.24) is 4.90 Å². The standard InChI is InChI=1S/C12H17NO/c1-10(9-14)12-6-4-11(5-7-12)8-13(2)3/h4-7,9-10H,8H2,1-3H3. The lowest BCUT2D eigenvalue weighted by atomic mass is 10.0. The summed E-state index contributed by atoms with van der Waals surface area (Å²) in [6.45, 7) is 2.85. The molecule has 2 heteroatoms. The predicted molar refractivity (Wildman–Crippen MR) is 58.3 cm³/mol. The third-order valence-corrected chi connectivity index (χ3v) is 2.21. The SMILES string of the molecule is CC(C=O)c1ccc(CN(C)C)cc1. The predicted octanol–water partition coefficient (Wildman–Crippen LogP) is 2.05. The molecule has 0 aliphatic rings. The van der Waals surface area contributed by atoms with Gasteiger partial charge in [0.25, 0.3) is 0 Å². The van der Waals surface area contributed by atoms with Gasteiger partial charge in [0.2, 0.25) is 0 Å². The molecule has 0 saturated carbocycles. The van der Waals surface area contributed by atoms with E-state index in [2.05, 4.69) is 17.0 Å². The Balaban J connectivity index is 2.73. The van der Waals surface area contributed by atoms with Crippen LogP contribution < -0.4 is 0 Å². The molecule has 0 amide bonds. The van der Waals surface area contributed by atoms with Gasteiger partial charge in [-0.3, -0.25) is 0 Å². The highest BCUT2D eigenvalue weighted by molar-refractivity contribution is 5.61. The molecule has 0 radical (unpaired) electrons. The first-order valence-electron chi connectivity index (χ1n) is 4.82. The molecule has 0 heterocycles. The van der Waals surface area contributed by atoms with Gasteiger partial charge >= 0.3 is 0 Å². The van der Waals surface area contributed by atoms with E-state index in [0.717, 1.165) is 18.4 Å². The molecular formula is C12H17NO. The van der Waals surface area contributed by atoms with Gasteiger partial charge < -0.3 is 9.69 Å². The van der Waals surface area contributed by atoms with Crippen molar-refractivity contribution in [3.63, 3.8) is 0 Å². The molecule has 1 unspecified atom stereocenters. The van der Waals surface area contributed by atoms with Crippen LogP contribution in [0, 0.1) is 0 Å². The van der Waals surface area contributed by atoms with Crippen LogP contribution >= 0.6 is 0 Å². The summed E-state index contributed by atoms with van der Waals surface area (Å²) in [5, 5.41) is 0. The topological polar surface area (TPSA) is 20.3 Å². The average Bonchev–Trinajstić information content (AvgIpc) is 2.17. The molecule has 14 heavy (non-hydrogen) atoms. The summed E-state index contributed by atoms with van der Waals surface area (Å²) in [5.74, 6) is 0.00315. The zero-order valence-corrected chi connectivity index (χ0v) is 9.03. The Morgan fingerprint density at radius 2 is 1.86 bits per heavy atom. The minimum absolute atomic E-state index is 0.00315. The second-order valence-electron chi connectivity index (χ2n) is 3.90. The number of aldehydes is 1. The largest absolute Gasteiger partial charge is 0.305 e. The molecule has 0 aromatic heterocycles. The molecule has 1 rings (SSSR count). The number of hydrogen-bond donors (Lipinski definition) is 0. The molecule has 0 aliphatic heterocycles. The fourth-order valence-corrected chi connectivity index (χ4v) is 1.37. The Morgan fingerprint density at radius 3 is 2.29 bits per heavy atom. The van der Waals surface area contributed by atoms with Crippen molar-refractivity contribution in [2.75, 3.05) is 14.1 Å². The number of nitrogens with zero attached hydrogens (tertiary/aromatic N) is 1. The lowest BCUT2D eigenvalue weighted by Gasteiger charge is -2.10. The van der Waals surface area contributed by atoms with E-state index in [4.69, 9.17) is 0 Å². The van der Waals surface area contributed by atoms with Crippen LogP contribution in [-0.2, 0) is 11.3 Å². The fourth-order valence-electron chi connectivity index (χ4n) is 1.37. The van der Waals surface area contributed by atoms with Crippen LogP contribution in [0.5, 0.6) is 0 Å². The van der Waals surface area contributed by atoms with E-state index in [1.165, 1.54) is 5.56 Å². The summed E-state index contributed by atoms with van der Waals surface area (Å²) in [4.78, 5) is 12.7. The average molecular weight is 191 g/mol. The highest BCUT2D eigenvalue weighted by Crippen LogP contribution is 2.13. The second kappa shape index (κ2) is 4.91. The molecular weight excluding hydrogens is 174 g/mol. The van der Waals surface area contributed by atoms with Crippen molar-refractivity contribution >= 4 is 6.29 Å². The van der Waals surface area contributed by atoms with Gasteiger partial charge in [0.1, 0.15) is 6.29 Å². The van der Waals surface area contributed by atoms with Crippen molar-refractivity contribution < 1.29 is 4.79 Å². The van der Waals surface area contributed by atoms with Crippen LogP contribution in [0.2, 0.25) is 0 Å². The fraction of sp³-hybridized carbons (Fsp3) is 0.417. The Kier molecular flexibility index (Phi) is 3.84. The number of carbonyl (C=O) groups excluding carboxylic acids is 1. The minimum atomic E-state index is 0.00315. The monoisotopic (exact) mass is 191 g/mol. The van der Waals surface area contributed by atoms with E-state index in [1.807, 2.05) is 33.2 Å². The number of benzene rings is 1. The second-order valence-corrected chi connectivity index (χ2v) is 3.90. The van der Waals surface area contributed by atoms with E-state index in [1.54, 1.807) is 0 Å². The summed E-state index contributed by atoms with van der Waals surface area (Å²) < 4.78 is 0. The molecule has 0 aliphatic carbocycles. The molecule has 0 fully saturated rings. The van der Waals surface area contributed by atoms with Crippen LogP contribution in [0.15, 0.2) is 24.3 Å². The van der Waals surface area contributed by atoms with E-state index >= 15 is 0 Å². The molecule has 2 nitrogen and oxygen atoms in total. The number of carbonyl (C=O) groups is 1. The Bertz CT molecular complexity index is 290. The van der Waals surface area contributed by atoms with Crippen molar-refractivity contribution in [1.29, 1.82) is 0 Å². The molecule has 0 saturated heterocycles. The highest BCUT2D eigenvalue weighted by atomic mass is 16.1. The molecule has 0 bridgehead atoms. The first-order chi connectivity index (χ1) is 6.63. The molecule has 0 spiro atoms. The van der Waals surface area contributed by atoms with Crippen LogP contribution in [0.4, 0.5) is 0 Å². The quantitative estimate of drug-likeness (QED) is 0.679. The Morgan fingerprint density at radius 1 is 1.29 bits per heavy atom. The third kappa shape index (κ3) is 2.96. The minimum Gasteiger partial charge on any atom is -0.305 e. The summed E-state index contributed by atoms with van der Waals surface area (Å²) in [6.07, 6.45) is 0.973. The maximum absolute atomic E-state index is 10.6. The molecule has 1 atom stereocenters. The molecule has 1 aromatic rings. The zero-order chi connectivity index (χ0) is 10.6. The van der Waals surface area contributed by atoms with E-state index in [0.29, 0.717) is 0 Å². The first-order valence-corrected chi connectivity index (χ1v) is 4.82. The van der Waals surface area contributed by atoms with Gasteiger partial charge in [-0.15, -0.1) is 0 Å². The summed E-state index contributed by atoms with van der Waals surface area (Å²) >= 11 is 0. The Hall–Kier alpha value is -1.15. The van der Waals surface area contributed by atoms with E-state index in [9.17, 15) is 4.79 Å². The number of hydrogen-bond acceptors (Lipinski definition) is 2. The van der Waals surface area contributed by atoms with Crippen molar-refractivity contribution in [2.24, 2.45) is 0 Å². The number of rotatable bonds is 4. The maximum atomic E-state index is 10.6. The smallest absolute Gasteiger partial charge is 0.127 e. The van der Waals surface area contributed by atoms with Gasteiger partial charge in [0.15, 0.2) is 0 Å². The summed E-state index contributed by atoms with van der Waals surface area (Å²) in [6, 6.07) is 8.21. The summed E-state index contributed by atoms with van der Waals surface area (Å²) in [7, 11) is 4.09. The van der Waals surface area contributed by atoms with Crippen molar-refractivity contribution in [3.05, 3.63) is 35.4 Å². The molecule has 0 N–H and O–H groups in total. The van der Waals surface area contributed by atoms with Gasteiger partial charge in [0, 0.05) is 12.5 Å². The highest BCUT2D eigenvalue weighted by Gasteiger charge is 2.03. The van der Waals surface area contributed by atoms with Crippen LogP contribution in [-0.4, -0.2) is 25.3 Å². The lowest BCUT2D eigenvalue weighted by Crippen LogP contribution is -2.10. The van der Waals surface area contributed by atoms with Gasteiger partial charge in [0.05, 0.1) is 0 Å². The molecule has 1 aromatic carbocycles. The van der Waals surface area contributed by atoms with Crippen LogP contribution in [0.3, 0.4) is 0 Å².